The van der Waals surface area contributed by atoms with Crippen LogP contribution in [-0.2, 0) is 14.3 Å². The zero-order valence-corrected chi connectivity index (χ0v) is 16.6. The minimum absolute atomic E-state index is 0.0398. The van der Waals surface area contributed by atoms with Crippen LogP contribution in [0, 0.1) is 5.41 Å². The Morgan fingerprint density at radius 1 is 1.21 bits per heavy atom. The molecule has 3 saturated carbocycles. The SMILES string of the molecule is COC12CC(C(=O)Nc3nc(Oc4ccc(N5CCOCC5)cc4)cs3)(C1)C2. The van der Waals surface area contributed by atoms with Crippen molar-refractivity contribution in [2.24, 2.45) is 5.41 Å². The maximum atomic E-state index is 12.5. The van der Waals surface area contributed by atoms with E-state index < -0.39 is 0 Å². The summed E-state index contributed by atoms with van der Waals surface area (Å²) < 4.78 is 16.7. The zero-order valence-electron chi connectivity index (χ0n) is 15.8. The summed E-state index contributed by atoms with van der Waals surface area (Å²) in [6.45, 7) is 3.34. The van der Waals surface area contributed by atoms with Crippen molar-refractivity contribution in [2.45, 2.75) is 24.9 Å². The molecule has 1 amide bonds. The second-order valence-corrected chi connectivity index (χ2v) is 8.70. The first-order chi connectivity index (χ1) is 13.6. The van der Waals surface area contributed by atoms with Gasteiger partial charge in [-0.15, -0.1) is 11.3 Å². The van der Waals surface area contributed by atoms with E-state index in [2.05, 4.69) is 15.2 Å². The minimum atomic E-state index is -0.252. The molecule has 3 aliphatic carbocycles. The van der Waals surface area contributed by atoms with Crippen molar-refractivity contribution in [2.75, 3.05) is 43.6 Å². The summed E-state index contributed by atoms with van der Waals surface area (Å²) in [5.41, 5.74) is 0.870. The molecular weight excluding hydrogens is 378 g/mol. The highest BCUT2D eigenvalue weighted by atomic mass is 32.1. The number of amides is 1. The highest BCUT2D eigenvalue weighted by Gasteiger charge is 2.72. The van der Waals surface area contributed by atoms with Gasteiger partial charge in [0.15, 0.2) is 5.13 Å². The summed E-state index contributed by atoms with van der Waals surface area (Å²) in [5.74, 6) is 1.26. The van der Waals surface area contributed by atoms with Gasteiger partial charge >= 0.3 is 0 Å². The number of hydrogen-bond acceptors (Lipinski definition) is 7. The molecule has 6 rings (SSSR count). The lowest BCUT2D eigenvalue weighted by atomic mass is 9.41. The van der Waals surface area contributed by atoms with Crippen molar-refractivity contribution in [3.8, 4) is 11.6 Å². The summed E-state index contributed by atoms with van der Waals surface area (Å²) in [6, 6.07) is 7.97. The van der Waals surface area contributed by atoms with Crippen LogP contribution in [0.2, 0.25) is 0 Å². The van der Waals surface area contributed by atoms with E-state index in [1.54, 1.807) is 7.11 Å². The highest BCUT2D eigenvalue weighted by Crippen LogP contribution is 2.69. The van der Waals surface area contributed by atoms with Crippen LogP contribution in [0.3, 0.4) is 0 Å². The normalized spacial score (nSPS) is 28.2. The molecule has 4 fully saturated rings. The number of rotatable bonds is 6. The quantitative estimate of drug-likeness (QED) is 0.801. The molecule has 0 unspecified atom stereocenters. The molecule has 1 aromatic heterocycles. The van der Waals surface area contributed by atoms with E-state index in [9.17, 15) is 4.79 Å². The molecular formula is C20H23N3O4S. The van der Waals surface area contributed by atoms with Gasteiger partial charge in [-0.25, -0.2) is 0 Å². The highest BCUT2D eigenvalue weighted by molar-refractivity contribution is 7.14. The van der Waals surface area contributed by atoms with Gasteiger partial charge in [-0.2, -0.15) is 4.98 Å². The Bertz CT molecular complexity index is 856. The number of ether oxygens (including phenoxy) is 3. The fraction of sp³-hybridized carbons (Fsp3) is 0.500. The van der Waals surface area contributed by atoms with Crippen molar-refractivity contribution < 1.29 is 19.0 Å². The first kappa shape index (κ1) is 17.9. The number of nitrogens with zero attached hydrogens (tertiary/aromatic N) is 2. The summed E-state index contributed by atoms with van der Waals surface area (Å²) in [4.78, 5) is 19.2. The second-order valence-electron chi connectivity index (χ2n) is 7.84. The number of aromatic nitrogens is 1. The lowest BCUT2D eigenvalue weighted by Gasteiger charge is -2.67. The predicted octanol–water partition coefficient (Wildman–Crippen LogP) is 3.28. The zero-order chi connectivity index (χ0) is 19.2. The van der Waals surface area contributed by atoms with Crippen LogP contribution in [0.25, 0.3) is 0 Å². The van der Waals surface area contributed by atoms with E-state index in [4.69, 9.17) is 14.2 Å². The predicted molar refractivity (Wildman–Crippen MR) is 106 cm³/mol. The summed E-state index contributed by atoms with van der Waals surface area (Å²) in [6.07, 6.45) is 2.44. The lowest BCUT2D eigenvalue weighted by Crippen LogP contribution is -2.72. The van der Waals surface area contributed by atoms with Crippen molar-refractivity contribution in [3.63, 3.8) is 0 Å². The monoisotopic (exact) mass is 401 g/mol. The Balaban J connectivity index is 1.17. The molecule has 2 aromatic rings. The molecule has 4 aliphatic rings. The third-order valence-electron chi connectivity index (χ3n) is 6.04. The van der Waals surface area contributed by atoms with Gasteiger partial charge in [0.25, 0.3) is 0 Å². The fourth-order valence-electron chi connectivity index (χ4n) is 4.41. The Labute approximate surface area is 167 Å². The molecule has 8 heteroatoms. The van der Waals surface area contributed by atoms with E-state index >= 15 is 0 Å². The first-order valence-corrected chi connectivity index (χ1v) is 10.4. The Hall–Kier alpha value is -2.16. The molecule has 0 radical (unpaired) electrons. The molecule has 148 valence electrons. The molecule has 2 bridgehead atoms. The Morgan fingerprint density at radius 2 is 1.93 bits per heavy atom. The molecule has 1 aromatic carbocycles. The molecule has 0 spiro atoms. The molecule has 1 aliphatic heterocycles. The average Bonchev–Trinajstić information content (AvgIpc) is 3.08. The number of methoxy groups -OCH3 is 1. The van der Waals surface area contributed by atoms with Crippen molar-refractivity contribution in [1.82, 2.24) is 4.98 Å². The number of thiazole rings is 1. The van der Waals surface area contributed by atoms with E-state index in [0.717, 1.165) is 57.0 Å². The Morgan fingerprint density at radius 3 is 2.61 bits per heavy atom. The van der Waals surface area contributed by atoms with E-state index in [0.29, 0.717) is 11.0 Å². The first-order valence-electron chi connectivity index (χ1n) is 9.53. The molecule has 2 heterocycles. The summed E-state index contributed by atoms with van der Waals surface area (Å²) in [5, 5.41) is 5.32. The van der Waals surface area contributed by atoms with E-state index in [-0.39, 0.29) is 16.9 Å². The van der Waals surface area contributed by atoms with E-state index in [1.165, 1.54) is 11.3 Å². The van der Waals surface area contributed by atoms with Crippen LogP contribution in [0.1, 0.15) is 19.3 Å². The molecule has 7 nitrogen and oxygen atoms in total. The fourth-order valence-corrected chi connectivity index (χ4v) is 5.02. The minimum Gasteiger partial charge on any atom is -0.438 e. The third kappa shape index (κ3) is 3.05. The van der Waals surface area contributed by atoms with Gasteiger partial charge in [0.1, 0.15) is 5.75 Å². The average molecular weight is 401 g/mol. The van der Waals surface area contributed by atoms with Gasteiger partial charge in [-0.3, -0.25) is 4.79 Å². The van der Waals surface area contributed by atoms with Crippen LogP contribution in [0.15, 0.2) is 29.6 Å². The van der Waals surface area contributed by atoms with Gasteiger partial charge in [-0.1, -0.05) is 0 Å². The number of anilines is 2. The van der Waals surface area contributed by atoms with Crippen molar-refractivity contribution in [3.05, 3.63) is 29.6 Å². The van der Waals surface area contributed by atoms with Gasteiger partial charge in [0, 0.05) is 25.9 Å². The Kier molecular flexibility index (Phi) is 4.30. The molecule has 28 heavy (non-hydrogen) atoms. The number of benzene rings is 1. The third-order valence-corrected chi connectivity index (χ3v) is 6.77. The van der Waals surface area contributed by atoms with Crippen molar-refractivity contribution in [1.29, 1.82) is 0 Å². The van der Waals surface area contributed by atoms with Crippen LogP contribution in [0.4, 0.5) is 10.8 Å². The van der Waals surface area contributed by atoms with Crippen LogP contribution >= 0.6 is 11.3 Å². The van der Waals surface area contributed by atoms with Gasteiger partial charge < -0.3 is 24.4 Å². The number of carbonyl (C=O) groups is 1. The molecule has 1 N–H and O–H groups in total. The largest absolute Gasteiger partial charge is 0.438 e. The smallest absolute Gasteiger partial charge is 0.232 e. The lowest BCUT2D eigenvalue weighted by molar-refractivity contribution is -0.260. The van der Waals surface area contributed by atoms with Gasteiger partial charge in [0.2, 0.25) is 11.8 Å². The van der Waals surface area contributed by atoms with Crippen molar-refractivity contribution >= 4 is 28.1 Å². The molecule has 0 atom stereocenters. The van der Waals surface area contributed by atoms with Gasteiger partial charge in [0.05, 0.1) is 29.6 Å². The number of carbonyl (C=O) groups excluding carboxylic acids is 1. The number of nitrogens with one attached hydrogen (secondary N) is 1. The summed E-state index contributed by atoms with van der Waals surface area (Å²) in [7, 11) is 1.72. The maximum absolute atomic E-state index is 12.5. The van der Waals surface area contributed by atoms with Gasteiger partial charge in [-0.05, 0) is 43.5 Å². The van der Waals surface area contributed by atoms with E-state index in [1.807, 2.05) is 29.6 Å². The van der Waals surface area contributed by atoms with Crippen LogP contribution < -0.4 is 15.0 Å². The standard InChI is InChI=1S/C20H23N3O4S/c1-25-20-11-19(12-20,13-20)17(24)22-18-21-16(10-28-18)27-15-4-2-14(3-5-15)23-6-8-26-9-7-23/h2-5,10H,6-9,11-13H2,1H3,(H,21,22,24). The second kappa shape index (κ2) is 6.72. The number of hydrogen-bond donors (Lipinski definition) is 1. The van der Waals surface area contributed by atoms with Crippen LogP contribution in [0.5, 0.6) is 11.6 Å². The topological polar surface area (TPSA) is 72.9 Å². The van der Waals surface area contributed by atoms with Crippen LogP contribution in [-0.4, -0.2) is 49.9 Å². The summed E-state index contributed by atoms with van der Waals surface area (Å²) >= 11 is 1.37. The number of morpholine rings is 1. The molecule has 1 saturated heterocycles. The maximum Gasteiger partial charge on any atom is 0.232 e.